The van der Waals surface area contributed by atoms with Gasteiger partial charge in [-0.1, -0.05) is 22.8 Å². The summed E-state index contributed by atoms with van der Waals surface area (Å²) in [7, 11) is -3.74. The van der Waals surface area contributed by atoms with E-state index < -0.39 is 10.0 Å². The van der Waals surface area contributed by atoms with Crippen LogP contribution in [0, 0.1) is 13.8 Å². The van der Waals surface area contributed by atoms with Gasteiger partial charge in [-0.15, -0.1) is 11.3 Å². The molecule has 0 bridgehead atoms. The van der Waals surface area contributed by atoms with E-state index in [-0.39, 0.29) is 10.1 Å². The average Bonchev–Trinajstić information content (AvgIpc) is 3.24. The van der Waals surface area contributed by atoms with Crippen LogP contribution in [-0.4, -0.2) is 19.5 Å². The molecule has 152 valence electrons. The lowest BCUT2D eigenvalue weighted by atomic mass is 10.2. The molecule has 2 heterocycles. The molecule has 0 radical (unpaired) electrons. The largest absolute Gasteiger partial charge is 0.354 e. The van der Waals surface area contributed by atoms with Crippen LogP contribution >= 0.6 is 22.9 Å². The Morgan fingerprint density at radius 3 is 2.66 bits per heavy atom. The number of nitrogens with one attached hydrogen (secondary N) is 2. The van der Waals surface area contributed by atoms with Crippen molar-refractivity contribution in [1.29, 1.82) is 0 Å². The fourth-order valence-corrected chi connectivity index (χ4v) is 4.88. The zero-order valence-corrected chi connectivity index (χ0v) is 18.2. The van der Waals surface area contributed by atoms with Crippen LogP contribution in [0.2, 0.25) is 5.02 Å². The quantitative estimate of drug-likeness (QED) is 0.553. The van der Waals surface area contributed by atoms with Gasteiger partial charge in [-0.05, 0) is 55.8 Å². The number of amides is 1. The number of nitrogens with zero attached hydrogens (tertiary/aromatic N) is 1. The second-order valence-electron chi connectivity index (χ2n) is 6.25. The molecule has 10 heteroatoms. The van der Waals surface area contributed by atoms with E-state index in [4.69, 9.17) is 16.1 Å². The second kappa shape index (κ2) is 8.40. The highest BCUT2D eigenvalue weighted by Gasteiger charge is 2.17. The van der Waals surface area contributed by atoms with E-state index in [0.29, 0.717) is 32.7 Å². The summed E-state index contributed by atoms with van der Waals surface area (Å²) in [5, 5.41) is 6.98. The normalized spacial score (nSPS) is 11.7. The molecule has 0 spiro atoms. The first kappa shape index (κ1) is 21.1. The number of rotatable bonds is 6. The van der Waals surface area contributed by atoms with E-state index >= 15 is 0 Å². The monoisotopic (exact) mass is 451 g/mol. The fraction of sp³-hybridized carbons (Fsp3) is 0.158. The van der Waals surface area contributed by atoms with Gasteiger partial charge in [0, 0.05) is 16.8 Å². The molecular formula is C19H18ClN3O4S2. The minimum absolute atomic E-state index is 0.157. The number of carbonyl (C=O) groups is 1. The summed E-state index contributed by atoms with van der Waals surface area (Å²) in [4.78, 5) is 12.0. The van der Waals surface area contributed by atoms with E-state index in [1.807, 2.05) is 6.92 Å². The Bertz CT molecular complexity index is 1200. The summed E-state index contributed by atoms with van der Waals surface area (Å²) in [6, 6.07) is 8.17. The van der Waals surface area contributed by atoms with Crippen molar-refractivity contribution in [2.45, 2.75) is 25.0 Å². The van der Waals surface area contributed by atoms with Gasteiger partial charge in [-0.2, -0.15) is 0 Å². The maximum Gasteiger partial charge on any atom is 0.271 e. The molecule has 0 atom stereocenters. The highest BCUT2D eigenvalue weighted by molar-refractivity contribution is 7.94. The highest BCUT2D eigenvalue weighted by Crippen LogP contribution is 2.28. The maximum atomic E-state index is 12.6. The molecule has 2 N–H and O–H groups in total. The topological polar surface area (TPSA) is 101 Å². The van der Waals surface area contributed by atoms with Crippen LogP contribution in [-0.2, 0) is 14.8 Å². The number of sulfonamides is 1. The van der Waals surface area contributed by atoms with Crippen molar-refractivity contribution >= 4 is 62.4 Å². The minimum Gasteiger partial charge on any atom is -0.354 e. The van der Waals surface area contributed by atoms with Gasteiger partial charge in [0.15, 0.2) is 5.76 Å². The van der Waals surface area contributed by atoms with Gasteiger partial charge in [0.05, 0.1) is 5.69 Å². The van der Waals surface area contributed by atoms with Crippen molar-refractivity contribution in [3.8, 4) is 0 Å². The summed E-state index contributed by atoms with van der Waals surface area (Å²) >= 11 is 7.15. The van der Waals surface area contributed by atoms with Gasteiger partial charge in [0.1, 0.15) is 15.6 Å². The molecule has 3 rings (SSSR count). The lowest BCUT2D eigenvalue weighted by molar-refractivity contribution is -0.114. The Hall–Kier alpha value is -2.62. The van der Waals surface area contributed by atoms with Crippen molar-refractivity contribution < 1.29 is 17.7 Å². The number of carbonyl (C=O) groups excluding carboxylic acids is 1. The van der Waals surface area contributed by atoms with E-state index in [1.165, 1.54) is 13.0 Å². The molecule has 0 fully saturated rings. The summed E-state index contributed by atoms with van der Waals surface area (Å²) in [6.45, 7) is 4.95. The summed E-state index contributed by atoms with van der Waals surface area (Å²) in [5.41, 5.74) is 2.29. The molecule has 0 aliphatic carbocycles. The lowest BCUT2D eigenvalue weighted by Gasteiger charge is -2.07. The van der Waals surface area contributed by atoms with Gasteiger partial charge < -0.3 is 9.84 Å². The van der Waals surface area contributed by atoms with Crippen molar-refractivity contribution in [3.05, 3.63) is 57.2 Å². The van der Waals surface area contributed by atoms with Crippen molar-refractivity contribution in [2.24, 2.45) is 0 Å². The molecule has 3 aromatic rings. The summed E-state index contributed by atoms with van der Waals surface area (Å²) in [5.74, 6) is 0.140. The van der Waals surface area contributed by atoms with Gasteiger partial charge in [-0.3, -0.25) is 9.52 Å². The number of benzene rings is 1. The van der Waals surface area contributed by atoms with Gasteiger partial charge in [0.2, 0.25) is 5.91 Å². The van der Waals surface area contributed by atoms with Crippen molar-refractivity contribution in [2.75, 3.05) is 10.0 Å². The summed E-state index contributed by atoms with van der Waals surface area (Å²) < 4.78 is 33.1. The number of hydrogen-bond donors (Lipinski definition) is 2. The average molecular weight is 452 g/mol. The molecule has 0 unspecified atom stereocenters. The third-order valence-corrected chi connectivity index (χ3v) is 7.21. The van der Waals surface area contributed by atoms with Gasteiger partial charge in [0.25, 0.3) is 10.0 Å². The SMILES string of the molecule is CC(=O)Nc1c(C)noc1/C=C/c1ccc(S(=O)(=O)Nc2ccc(C)c(Cl)c2)s1. The van der Waals surface area contributed by atoms with Crippen LogP contribution in [0.5, 0.6) is 0 Å². The smallest absolute Gasteiger partial charge is 0.271 e. The van der Waals surface area contributed by atoms with Crippen molar-refractivity contribution in [3.63, 3.8) is 0 Å². The molecule has 0 saturated heterocycles. The van der Waals surface area contributed by atoms with Crippen LogP contribution in [0.25, 0.3) is 12.2 Å². The van der Waals surface area contributed by atoms with Gasteiger partial charge >= 0.3 is 0 Å². The Labute approximate surface area is 177 Å². The predicted octanol–water partition coefficient (Wildman–Crippen LogP) is 4.94. The Balaban J connectivity index is 1.79. The third-order valence-electron chi connectivity index (χ3n) is 3.88. The Morgan fingerprint density at radius 1 is 1.21 bits per heavy atom. The van der Waals surface area contributed by atoms with E-state index in [0.717, 1.165) is 16.9 Å². The first-order valence-electron chi connectivity index (χ1n) is 8.46. The molecule has 7 nitrogen and oxygen atoms in total. The number of anilines is 2. The third kappa shape index (κ3) is 5.06. The maximum absolute atomic E-state index is 12.6. The number of halogens is 1. The number of thiophene rings is 1. The fourth-order valence-electron chi connectivity index (χ4n) is 2.42. The zero-order valence-electron chi connectivity index (χ0n) is 15.8. The van der Waals surface area contributed by atoms with Crippen LogP contribution in [0.4, 0.5) is 11.4 Å². The molecule has 1 amide bonds. The number of hydrogen-bond acceptors (Lipinski definition) is 6. The number of aromatic nitrogens is 1. The second-order valence-corrected chi connectivity index (χ2v) is 9.68. The standard InChI is InChI=1S/C19H18ClN3O4S2/c1-11-4-5-14(10-16(11)20)23-29(25,26)18-9-7-15(28-18)6-8-17-19(21-13(3)24)12(2)22-27-17/h4-10,23H,1-3H3,(H,21,24)/b8-6+. The van der Waals surface area contributed by atoms with Gasteiger partial charge in [-0.25, -0.2) is 8.42 Å². The molecule has 0 aliphatic rings. The van der Waals surface area contributed by atoms with E-state index in [2.05, 4.69) is 15.2 Å². The van der Waals surface area contributed by atoms with E-state index in [1.54, 1.807) is 43.3 Å². The summed E-state index contributed by atoms with van der Waals surface area (Å²) in [6.07, 6.45) is 3.32. The Morgan fingerprint density at radius 2 is 1.97 bits per heavy atom. The predicted molar refractivity (Wildman–Crippen MR) is 116 cm³/mol. The first-order valence-corrected chi connectivity index (χ1v) is 11.1. The first-order chi connectivity index (χ1) is 13.7. The molecule has 1 aromatic carbocycles. The van der Waals surface area contributed by atoms with Crippen LogP contribution < -0.4 is 10.0 Å². The van der Waals surface area contributed by atoms with Crippen LogP contribution in [0.15, 0.2) is 39.1 Å². The number of aryl methyl sites for hydroxylation is 2. The minimum atomic E-state index is -3.74. The molecule has 0 aliphatic heterocycles. The molecule has 2 aromatic heterocycles. The molecule has 0 saturated carbocycles. The Kier molecular flexibility index (Phi) is 6.11. The van der Waals surface area contributed by atoms with Crippen molar-refractivity contribution in [1.82, 2.24) is 5.16 Å². The zero-order chi connectivity index (χ0) is 21.2. The molecular weight excluding hydrogens is 434 g/mol. The lowest BCUT2D eigenvalue weighted by Crippen LogP contribution is -2.11. The van der Waals surface area contributed by atoms with Crippen LogP contribution in [0.3, 0.4) is 0 Å². The molecule has 29 heavy (non-hydrogen) atoms. The van der Waals surface area contributed by atoms with E-state index in [9.17, 15) is 13.2 Å². The highest BCUT2D eigenvalue weighted by atomic mass is 35.5. The van der Waals surface area contributed by atoms with Crippen LogP contribution in [0.1, 0.15) is 28.8 Å².